The molecule has 1 N–H and O–H groups in total. The van der Waals surface area contributed by atoms with E-state index in [1.54, 1.807) is 19.9 Å². The lowest BCUT2D eigenvalue weighted by Crippen LogP contribution is -1.96. The van der Waals surface area contributed by atoms with Crippen molar-refractivity contribution in [2.24, 2.45) is 0 Å². The molecule has 1 atom stereocenters. The number of aliphatic hydroxyl groups is 1. The van der Waals surface area contributed by atoms with Crippen LogP contribution in [0.25, 0.3) is 0 Å². The highest BCUT2D eigenvalue weighted by atomic mass is 31.2. The molecular weight excluding hydrogens is 263 g/mol. The van der Waals surface area contributed by atoms with Gasteiger partial charge in [0.15, 0.2) is 0 Å². The molecule has 1 aromatic carbocycles. The van der Waals surface area contributed by atoms with Gasteiger partial charge in [-0.25, -0.2) is 0 Å². The van der Waals surface area contributed by atoms with E-state index in [0.29, 0.717) is 19.6 Å². The normalized spacial score (nSPS) is 13.8. The summed E-state index contributed by atoms with van der Waals surface area (Å²) in [6, 6.07) is 9.33. The van der Waals surface area contributed by atoms with Crippen LogP contribution in [0.2, 0.25) is 0 Å². The van der Waals surface area contributed by atoms with Crippen LogP contribution in [0.4, 0.5) is 0 Å². The summed E-state index contributed by atoms with van der Waals surface area (Å²) in [6.07, 6.45) is 1.40. The van der Waals surface area contributed by atoms with Crippen LogP contribution < -0.4 is 0 Å². The van der Waals surface area contributed by atoms with Gasteiger partial charge in [0.25, 0.3) is 0 Å². The maximum Gasteiger partial charge on any atom is 0.353 e. The summed E-state index contributed by atoms with van der Waals surface area (Å²) < 4.78 is 22.4. The molecule has 0 bridgehead atoms. The lowest BCUT2D eigenvalue weighted by Gasteiger charge is -2.13. The molecule has 0 saturated carbocycles. The molecule has 106 valence electrons. The average Bonchev–Trinajstić information content (AvgIpc) is 2.40. The zero-order valence-electron chi connectivity index (χ0n) is 11.4. The summed E-state index contributed by atoms with van der Waals surface area (Å²) in [5.74, 6) is 1.42. The van der Waals surface area contributed by atoms with E-state index in [9.17, 15) is 9.67 Å². The molecule has 19 heavy (non-hydrogen) atoms. The van der Waals surface area contributed by atoms with Gasteiger partial charge in [0.1, 0.15) is 0 Å². The Hall–Kier alpha value is -0.930. The molecule has 0 heterocycles. The topological polar surface area (TPSA) is 55.8 Å². The lowest BCUT2D eigenvalue weighted by atomic mass is 10.1. The van der Waals surface area contributed by atoms with E-state index in [1.165, 1.54) is 5.82 Å². The van der Waals surface area contributed by atoms with Gasteiger partial charge in [0, 0.05) is 5.82 Å². The fourth-order valence-corrected chi connectivity index (χ4v) is 2.96. The third kappa shape index (κ3) is 5.70. The SMILES string of the molecule is CCOP(=O)(/C=C/CC(O)c1ccccc1)OCC. The van der Waals surface area contributed by atoms with Gasteiger partial charge in [-0.3, -0.25) is 4.57 Å². The molecular formula is C14H21O4P. The van der Waals surface area contributed by atoms with Crippen LogP contribution in [0.3, 0.4) is 0 Å². The monoisotopic (exact) mass is 284 g/mol. The molecule has 0 spiro atoms. The highest BCUT2D eigenvalue weighted by molar-refractivity contribution is 7.57. The van der Waals surface area contributed by atoms with Crippen molar-refractivity contribution < 1.29 is 18.7 Å². The Balaban J connectivity index is 2.59. The van der Waals surface area contributed by atoms with Gasteiger partial charge in [0.2, 0.25) is 0 Å². The van der Waals surface area contributed by atoms with E-state index in [4.69, 9.17) is 9.05 Å². The van der Waals surface area contributed by atoms with E-state index < -0.39 is 13.7 Å². The third-order valence-corrected chi connectivity index (χ3v) is 4.26. The Morgan fingerprint density at radius 1 is 1.21 bits per heavy atom. The fraction of sp³-hybridized carbons (Fsp3) is 0.429. The van der Waals surface area contributed by atoms with Crippen molar-refractivity contribution in [2.75, 3.05) is 13.2 Å². The Morgan fingerprint density at radius 2 is 1.79 bits per heavy atom. The van der Waals surface area contributed by atoms with Crippen molar-refractivity contribution in [3.8, 4) is 0 Å². The maximum atomic E-state index is 12.1. The first-order valence-electron chi connectivity index (χ1n) is 6.40. The number of aliphatic hydroxyl groups excluding tert-OH is 1. The predicted octanol–water partition coefficient (Wildman–Crippen LogP) is 3.89. The molecule has 0 aliphatic carbocycles. The van der Waals surface area contributed by atoms with Gasteiger partial charge in [-0.05, 0) is 25.8 Å². The molecule has 1 rings (SSSR count). The van der Waals surface area contributed by atoms with Crippen LogP contribution in [0, 0.1) is 0 Å². The summed E-state index contributed by atoms with van der Waals surface area (Å²) in [4.78, 5) is 0. The molecule has 0 aromatic heterocycles. The molecule has 1 unspecified atom stereocenters. The molecule has 5 heteroatoms. The summed E-state index contributed by atoms with van der Waals surface area (Å²) in [6.45, 7) is 4.17. The zero-order valence-corrected chi connectivity index (χ0v) is 12.3. The number of hydrogen-bond acceptors (Lipinski definition) is 4. The van der Waals surface area contributed by atoms with Crippen molar-refractivity contribution in [3.05, 3.63) is 47.8 Å². The van der Waals surface area contributed by atoms with Gasteiger partial charge in [0.05, 0.1) is 19.3 Å². The van der Waals surface area contributed by atoms with Crippen molar-refractivity contribution in [1.29, 1.82) is 0 Å². The van der Waals surface area contributed by atoms with Gasteiger partial charge in [-0.15, -0.1) is 0 Å². The largest absolute Gasteiger partial charge is 0.388 e. The molecule has 0 aliphatic rings. The van der Waals surface area contributed by atoms with Crippen molar-refractivity contribution >= 4 is 7.60 Å². The molecule has 0 fully saturated rings. The van der Waals surface area contributed by atoms with E-state index in [0.717, 1.165) is 5.56 Å². The van der Waals surface area contributed by atoms with E-state index in [2.05, 4.69) is 0 Å². The summed E-state index contributed by atoms with van der Waals surface area (Å²) >= 11 is 0. The van der Waals surface area contributed by atoms with E-state index >= 15 is 0 Å². The fourth-order valence-electron chi connectivity index (χ4n) is 1.61. The van der Waals surface area contributed by atoms with Crippen molar-refractivity contribution in [3.63, 3.8) is 0 Å². The first-order valence-corrected chi connectivity index (χ1v) is 8.02. The molecule has 1 aromatic rings. The highest BCUT2D eigenvalue weighted by Gasteiger charge is 2.18. The van der Waals surface area contributed by atoms with Crippen molar-refractivity contribution in [2.45, 2.75) is 26.4 Å². The minimum atomic E-state index is -3.16. The molecule has 0 radical (unpaired) electrons. The standard InChI is InChI=1S/C14H21O4P/c1-3-17-19(16,18-4-2)12-8-11-14(15)13-9-6-5-7-10-13/h5-10,12,14-15H,3-4,11H2,1-2H3/b12-8+. The predicted molar refractivity (Wildman–Crippen MR) is 76.0 cm³/mol. The molecule has 4 nitrogen and oxygen atoms in total. The van der Waals surface area contributed by atoms with Gasteiger partial charge < -0.3 is 14.2 Å². The Kier molecular flexibility index (Phi) is 7.03. The van der Waals surface area contributed by atoms with Crippen LogP contribution in [-0.4, -0.2) is 18.3 Å². The van der Waals surface area contributed by atoms with Crippen LogP contribution in [0.1, 0.15) is 31.9 Å². The lowest BCUT2D eigenvalue weighted by molar-refractivity contribution is 0.181. The zero-order chi connectivity index (χ0) is 14.1. The summed E-state index contributed by atoms with van der Waals surface area (Å²) in [5.41, 5.74) is 0.829. The summed E-state index contributed by atoms with van der Waals surface area (Å²) in [7, 11) is -3.16. The minimum Gasteiger partial charge on any atom is -0.388 e. The second-order valence-corrected chi connectivity index (χ2v) is 5.82. The Morgan fingerprint density at radius 3 is 2.32 bits per heavy atom. The number of rotatable bonds is 8. The molecule has 0 amide bonds. The van der Waals surface area contributed by atoms with Crippen LogP contribution in [0.5, 0.6) is 0 Å². The van der Waals surface area contributed by atoms with E-state index in [1.807, 2.05) is 30.3 Å². The minimum absolute atomic E-state index is 0.322. The first-order chi connectivity index (χ1) is 9.11. The second kappa shape index (κ2) is 8.28. The number of benzene rings is 1. The smallest absolute Gasteiger partial charge is 0.353 e. The first kappa shape index (κ1) is 16.1. The van der Waals surface area contributed by atoms with Gasteiger partial charge >= 0.3 is 7.60 Å². The highest BCUT2D eigenvalue weighted by Crippen LogP contribution is 2.49. The van der Waals surface area contributed by atoms with Crippen molar-refractivity contribution in [1.82, 2.24) is 0 Å². The van der Waals surface area contributed by atoms with Crippen LogP contribution in [0.15, 0.2) is 42.2 Å². The summed E-state index contributed by atoms with van der Waals surface area (Å²) in [5, 5.41) is 9.95. The second-order valence-electron chi connectivity index (χ2n) is 3.92. The Bertz CT molecular complexity index is 420. The quantitative estimate of drug-likeness (QED) is 0.736. The van der Waals surface area contributed by atoms with E-state index in [-0.39, 0.29) is 0 Å². The van der Waals surface area contributed by atoms with Gasteiger partial charge in [-0.2, -0.15) is 0 Å². The molecule has 0 saturated heterocycles. The third-order valence-electron chi connectivity index (χ3n) is 2.45. The Labute approximate surface area is 114 Å². The van der Waals surface area contributed by atoms with Crippen LogP contribution in [-0.2, 0) is 13.6 Å². The average molecular weight is 284 g/mol. The van der Waals surface area contributed by atoms with Gasteiger partial charge in [-0.1, -0.05) is 36.4 Å². The molecule has 0 aliphatic heterocycles. The maximum absolute atomic E-state index is 12.1. The number of hydrogen-bond donors (Lipinski definition) is 1. The van der Waals surface area contributed by atoms with Crippen LogP contribution >= 0.6 is 7.60 Å².